The van der Waals surface area contributed by atoms with Crippen LogP contribution in [0.4, 0.5) is 4.39 Å². The molecule has 7 heteroatoms. The number of nitriles is 1. The van der Waals surface area contributed by atoms with Crippen LogP contribution >= 0.6 is 0 Å². The Labute approximate surface area is 179 Å². The molecule has 2 aromatic carbocycles. The maximum absolute atomic E-state index is 13.1. The van der Waals surface area contributed by atoms with Crippen molar-refractivity contribution in [2.45, 2.75) is 31.8 Å². The molecule has 1 heterocycles. The first kappa shape index (κ1) is 20.5. The van der Waals surface area contributed by atoms with Crippen LogP contribution in [-0.4, -0.2) is 12.9 Å². The van der Waals surface area contributed by atoms with Crippen molar-refractivity contribution in [3.63, 3.8) is 0 Å². The first-order valence-corrected chi connectivity index (χ1v) is 9.90. The molecule has 2 aliphatic rings. The van der Waals surface area contributed by atoms with Crippen LogP contribution in [0, 0.1) is 17.1 Å². The summed E-state index contributed by atoms with van der Waals surface area (Å²) in [7, 11) is 1.54. The van der Waals surface area contributed by atoms with Crippen molar-refractivity contribution in [3.05, 3.63) is 82.2 Å². The molecule has 0 fully saturated rings. The highest BCUT2D eigenvalue weighted by Gasteiger charge is 2.38. The number of halogens is 1. The number of hydrogen-bond donors (Lipinski definition) is 1. The van der Waals surface area contributed by atoms with Crippen LogP contribution in [0.1, 0.15) is 36.3 Å². The number of ketones is 1. The van der Waals surface area contributed by atoms with E-state index in [1.807, 2.05) is 12.1 Å². The molecular formula is C24H21FN2O4. The predicted molar refractivity (Wildman–Crippen MR) is 110 cm³/mol. The molecule has 2 N–H and O–H groups in total. The SMILES string of the molecule is COc1cc(C2C(C#N)=C(N)OC3=C2C(=O)CCC3)ccc1COc1ccc(F)cc1. The highest BCUT2D eigenvalue weighted by molar-refractivity contribution is 5.99. The number of rotatable bonds is 5. The van der Waals surface area contributed by atoms with E-state index in [9.17, 15) is 14.4 Å². The molecule has 4 rings (SSSR count). The average Bonchev–Trinajstić information content (AvgIpc) is 2.78. The topological polar surface area (TPSA) is 94.6 Å². The molecule has 0 saturated heterocycles. The summed E-state index contributed by atoms with van der Waals surface area (Å²) in [6.45, 7) is 0.207. The van der Waals surface area contributed by atoms with Crippen molar-refractivity contribution in [2.75, 3.05) is 7.11 Å². The van der Waals surface area contributed by atoms with E-state index in [0.29, 0.717) is 47.7 Å². The van der Waals surface area contributed by atoms with Crippen molar-refractivity contribution in [1.82, 2.24) is 0 Å². The lowest BCUT2D eigenvalue weighted by Gasteiger charge is -2.31. The van der Waals surface area contributed by atoms with Gasteiger partial charge in [0, 0.05) is 24.0 Å². The van der Waals surface area contributed by atoms with Crippen molar-refractivity contribution < 1.29 is 23.4 Å². The lowest BCUT2D eigenvalue weighted by atomic mass is 9.77. The molecular weight excluding hydrogens is 399 g/mol. The minimum absolute atomic E-state index is 0.0311. The molecule has 0 radical (unpaired) electrons. The lowest BCUT2D eigenvalue weighted by molar-refractivity contribution is -0.116. The third-order valence-corrected chi connectivity index (χ3v) is 5.46. The van der Waals surface area contributed by atoms with Gasteiger partial charge in [0.25, 0.3) is 0 Å². The second-order valence-corrected chi connectivity index (χ2v) is 7.35. The first-order chi connectivity index (χ1) is 15.0. The maximum Gasteiger partial charge on any atom is 0.205 e. The molecule has 158 valence electrons. The number of carbonyl (C=O) groups is 1. The second kappa shape index (κ2) is 8.52. The smallest absolute Gasteiger partial charge is 0.205 e. The summed E-state index contributed by atoms with van der Waals surface area (Å²) < 4.78 is 30.0. The largest absolute Gasteiger partial charge is 0.496 e. The fourth-order valence-corrected chi connectivity index (χ4v) is 3.94. The molecule has 31 heavy (non-hydrogen) atoms. The van der Waals surface area contributed by atoms with E-state index >= 15 is 0 Å². The normalized spacial score (nSPS) is 18.2. The summed E-state index contributed by atoms with van der Waals surface area (Å²) in [5, 5.41) is 9.70. The number of hydrogen-bond acceptors (Lipinski definition) is 6. The zero-order valence-electron chi connectivity index (χ0n) is 17.0. The van der Waals surface area contributed by atoms with Crippen LogP contribution in [0.5, 0.6) is 11.5 Å². The van der Waals surface area contributed by atoms with Crippen molar-refractivity contribution >= 4 is 5.78 Å². The number of benzene rings is 2. The fourth-order valence-electron chi connectivity index (χ4n) is 3.94. The zero-order chi connectivity index (χ0) is 22.0. The van der Waals surface area contributed by atoms with Crippen LogP contribution in [0.3, 0.4) is 0 Å². The summed E-state index contributed by atoms with van der Waals surface area (Å²) in [5.41, 5.74) is 8.20. The number of carbonyl (C=O) groups excluding carboxylic acids is 1. The van der Waals surface area contributed by atoms with E-state index in [2.05, 4.69) is 6.07 Å². The Bertz CT molecular complexity index is 1130. The van der Waals surface area contributed by atoms with Crippen molar-refractivity contribution in [2.24, 2.45) is 5.73 Å². The van der Waals surface area contributed by atoms with Gasteiger partial charge in [0.2, 0.25) is 5.88 Å². The highest BCUT2D eigenvalue weighted by atomic mass is 19.1. The summed E-state index contributed by atoms with van der Waals surface area (Å²) in [5.74, 6) is 0.687. The van der Waals surface area contributed by atoms with Gasteiger partial charge in [-0.15, -0.1) is 0 Å². The molecule has 0 bridgehead atoms. The molecule has 0 spiro atoms. The van der Waals surface area contributed by atoms with Crippen LogP contribution in [0.25, 0.3) is 0 Å². The highest BCUT2D eigenvalue weighted by Crippen LogP contribution is 2.44. The van der Waals surface area contributed by atoms with Crippen LogP contribution in [0.2, 0.25) is 0 Å². The van der Waals surface area contributed by atoms with Gasteiger partial charge in [-0.1, -0.05) is 12.1 Å². The summed E-state index contributed by atoms with van der Waals surface area (Å²) >= 11 is 0. The van der Waals surface area contributed by atoms with Gasteiger partial charge < -0.3 is 19.9 Å². The van der Waals surface area contributed by atoms with Gasteiger partial charge in [-0.3, -0.25) is 4.79 Å². The Kier molecular flexibility index (Phi) is 5.63. The standard InChI is InChI=1S/C24H21FN2O4/c1-29-21-11-14(5-6-15(21)13-30-17-9-7-16(25)8-10-17)22-18(12-26)24(27)31-20-4-2-3-19(28)23(20)22/h5-11,22H,2-4,13,27H2,1H3. The monoisotopic (exact) mass is 420 g/mol. The number of nitrogens with zero attached hydrogens (tertiary/aromatic N) is 1. The molecule has 1 unspecified atom stereocenters. The number of Topliss-reactive ketones (excluding diaryl/α,β-unsaturated/α-hetero) is 1. The molecule has 0 aromatic heterocycles. The quantitative estimate of drug-likeness (QED) is 0.778. The van der Waals surface area contributed by atoms with Gasteiger partial charge in [-0.25, -0.2) is 4.39 Å². The van der Waals surface area contributed by atoms with Gasteiger partial charge in [0.15, 0.2) is 5.78 Å². The summed E-state index contributed by atoms with van der Waals surface area (Å²) in [6, 6.07) is 13.3. The fraction of sp³-hybridized carbons (Fsp3) is 0.250. The summed E-state index contributed by atoms with van der Waals surface area (Å²) in [6.07, 6.45) is 1.72. The van der Waals surface area contributed by atoms with E-state index in [1.165, 1.54) is 19.2 Å². The van der Waals surface area contributed by atoms with Gasteiger partial charge in [-0.05, 0) is 42.3 Å². The van der Waals surface area contributed by atoms with E-state index in [1.54, 1.807) is 18.2 Å². The molecule has 2 aromatic rings. The minimum Gasteiger partial charge on any atom is -0.496 e. The maximum atomic E-state index is 13.1. The van der Waals surface area contributed by atoms with E-state index in [-0.39, 0.29) is 29.7 Å². The van der Waals surface area contributed by atoms with E-state index in [0.717, 1.165) is 5.56 Å². The molecule has 1 aliphatic heterocycles. The van der Waals surface area contributed by atoms with Crippen molar-refractivity contribution in [1.29, 1.82) is 5.26 Å². The first-order valence-electron chi connectivity index (χ1n) is 9.90. The third-order valence-electron chi connectivity index (χ3n) is 5.46. The molecule has 0 saturated carbocycles. The number of nitrogens with two attached hydrogens (primary N) is 1. The number of methoxy groups -OCH3 is 1. The summed E-state index contributed by atoms with van der Waals surface area (Å²) in [4.78, 5) is 12.7. The Morgan fingerprint density at radius 3 is 2.71 bits per heavy atom. The molecule has 0 amide bonds. The predicted octanol–water partition coefficient (Wildman–Crippen LogP) is 4.23. The Hall–Kier alpha value is -3.79. The lowest BCUT2D eigenvalue weighted by Crippen LogP contribution is -2.27. The van der Waals surface area contributed by atoms with Gasteiger partial charge in [0.05, 0.1) is 13.0 Å². The average molecular weight is 420 g/mol. The second-order valence-electron chi connectivity index (χ2n) is 7.35. The van der Waals surface area contributed by atoms with Crippen LogP contribution < -0.4 is 15.2 Å². The Morgan fingerprint density at radius 2 is 2.00 bits per heavy atom. The zero-order valence-corrected chi connectivity index (χ0v) is 17.0. The molecule has 6 nitrogen and oxygen atoms in total. The third kappa shape index (κ3) is 3.97. The molecule has 1 atom stereocenters. The Balaban J connectivity index is 1.67. The van der Waals surface area contributed by atoms with Crippen LogP contribution in [0.15, 0.2) is 65.3 Å². The number of allylic oxidation sites excluding steroid dienone is 3. The Morgan fingerprint density at radius 1 is 1.23 bits per heavy atom. The minimum atomic E-state index is -0.595. The number of ether oxygens (including phenoxy) is 3. The van der Waals surface area contributed by atoms with Gasteiger partial charge in [0.1, 0.15) is 41.3 Å². The van der Waals surface area contributed by atoms with Crippen LogP contribution in [-0.2, 0) is 16.1 Å². The molecule has 1 aliphatic carbocycles. The van der Waals surface area contributed by atoms with E-state index in [4.69, 9.17) is 19.9 Å². The van der Waals surface area contributed by atoms with Gasteiger partial charge in [-0.2, -0.15) is 5.26 Å². The van der Waals surface area contributed by atoms with E-state index < -0.39 is 5.92 Å². The van der Waals surface area contributed by atoms with Gasteiger partial charge >= 0.3 is 0 Å². The van der Waals surface area contributed by atoms with Crippen molar-refractivity contribution in [3.8, 4) is 17.6 Å².